The predicted octanol–water partition coefficient (Wildman–Crippen LogP) is 2.99. The quantitative estimate of drug-likeness (QED) is 0.597. The minimum absolute atomic E-state index is 0.0344. The van der Waals surface area contributed by atoms with Crippen molar-refractivity contribution < 1.29 is 15.0 Å². The van der Waals surface area contributed by atoms with E-state index in [2.05, 4.69) is 52.8 Å². The minimum Gasteiger partial charge on any atom is -0.396 e. The molecule has 4 N–H and O–H groups in total. The molecule has 176 valence electrons. The Morgan fingerprint density at radius 3 is 2.52 bits per heavy atom. The van der Waals surface area contributed by atoms with Crippen molar-refractivity contribution in [3.63, 3.8) is 0 Å². The van der Waals surface area contributed by atoms with Gasteiger partial charge in [-0.15, -0.1) is 0 Å². The van der Waals surface area contributed by atoms with Crippen LogP contribution in [-0.4, -0.2) is 59.8 Å². The number of carbonyl (C=O) groups is 1. The maximum atomic E-state index is 13.7. The second kappa shape index (κ2) is 7.65. The number of aliphatic hydroxyl groups excluding tert-OH is 2. The average Bonchev–Trinajstić information content (AvgIpc) is 2.83. The zero-order chi connectivity index (χ0) is 22.9. The summed E-state index contributed by atoms with van der Waals surface area (Å²) in [5, 5.41) is 21.6. The highest BCUT2D eigenvalue weighted by atomic mass is 16.3. The maximum Gasteiger partial charge on any atom is 0.137 e. The first-order valence-electron chi connectivity index (χ1n) is 12.3. The van der Waals surface area contributed by atoms with E-state index in [1.807, 2.05) is 0 Å². The van der Waals surface area contributed by atoms with E-state index in [4.69, 9.17) is 5.73 Å². The molecule has 0 heterocycles. The molecule has 0 aromatic rings. The highest BCUT2D eigenvalue weighted by Gasteiger charge is 2.67. The Hall–Kier alpha value is -0.750. The summed E-state index contributed by atoms with van der Waals surface area (Å²) >= 11 is 0. The van der Waals surface area contributed by atoms with Gasteiger partial charge in [-0.3, -0.25) is 4.79 Å². The van der Waals surface area contributed by atoms with Crippen LogP contribution < -0.4 is 5.73 Å². The van der Waals surface area contributed by atoms with Crippen molar-refractivity contribution in [2.24, 2.45) is 45.7 Å². The fourth-order valence-electron chi connectivity index (χ4n) is 8.55. The van der Waals surface area contributed by atoms with Gasteiger partial charge >= 0.3 is 0 Å². The average molecular weight is 433 g/mol. The van der Waals surface area contributed by atoms with Gasteiger partial charge in [0.1, 0.15) is 5.78 Å². The highest BCUT2D eigenvalue weighted by molar-refractivity contribution is 5.84. The van der Waals surface area contributed by atoms with Gasteiger partial charge in [0, 0.05) is 35.8 Å². The molecule has 0 amide bonds. The third-order valence-corrected chi connectivity index (χ3v) is 11.0. The molecular formula is C26H44N2O3. The molecule has 3 fully saturated rings. The zero-order valence-corrected chi connectivity index (χ0v) is 20.4. The van der Waals surface area contributed by atoms with Crippen molar-refractivity contribution in [1.82, 2.24) is 4.90 Å². The molecule has 5 heteroatoms. The van der Waals surface area contributed by atoms with Crippen LogP contribution in [0.2, 0.25) is 0 Å². The van der Waals surface area contributed by atoms with Gasteiger partial charge in [-0.1, -0.05) is 32.4 Å². The number of allylic oxidation sites excluding steroid dienone is 1. The molecule has 0 aliphatic heterocycles. The molecule has 4 aliphatic rings. The van der Waals surface area contributed by atoms with Gasteiger partial charge in [0.05, 0.1) is 12.7 Å². The summed E-state index contributed by atoms with van der Waals surface area (Å²) in [6, 6.07) is 0.180. The first kappa shape index (κ1) is 23.4. The van der Waals surface area contributed by atoms with Crippen LogP contribution in [0.5, 0.6) is 0 Å². The van der Waals surface area contributed by atoms with Gasteiger partial charge in [0.2, 0.25) is 0 Å². The second-order valence-electron chi connectivity index (χ2n) is 12.3. The number of rotatable bonds is 3. The van der Waals surface area contributed by atoms with Crippen molar-refractivity contribution in [1.29, 1.82) is 0 Å². The topological polar surface area (TPSA) is 86.8 Å². The van der Waals surface area contributed by atoms with E-state index < -0.39 is 0 Å². The van der Waals surface area contributed by atoms with Gasteiger partial charge in [-0.2, -0.15) is 0 Å². The van der Waals surface area contributed by atoms with Crippen LogP contribution in [0.25, 0.3) is 0 Å². The van der Waals surface area contributed by atoms with Crippen molar-refractivity contribution in [2.45, 2.75) is 84.4 Å². The normalized spacial score (nSPS) is 50.9. The Kier molecular flexibility index (Phi) is 5.77. The van der Waals surface area contributed by atoms with Crippen LogP contribution in [0.1, 0.15) is 66.2 Å². The van der Waals surface area contributed by atoms with Crippen LogP contribution in [0, 0.1) is 39.9 Å². The van der Waals surface area contributed by atoms with Crippen LogP contribution in [0.3, 0.4) is 0 Å². The Bertz CT molecular complexity index is 766. The SMILES string of the molecule is C[C@@H]([C@H]1[C@H](O)C[C@@]2(C)C3CCC4C(=CC[C@H](N)[C@@]4(C)CO)CC3C(=O)C[C@]12C)N(C)C. The molecule has 4 aliphatic carbocycles. The van der Waals surface area contributed by atoms with Gasteiger partial charge in [-0.25, -0.2) is 0 Å². The lowest BCUT2D eigenvalue weighted by Crippen LogP contribution is -2.55. The Balaban J connectivity index is 1.73. The van der Waals surface area contributed by atoms with Gasteiger partial charge in [-0.05, 0) is 75.8 Å². The lowest BCUT2D eigenvalue weighted by atomic mass is 9.48. The van der Waals surface area contributed by atoms with E-state index in [9.17, 15) is 15.0 Å². The number of ketones is 1. The minimum atomic E-state index is -0.375. The number of hydrogen-bond acceptors (Lipinski definition) is 5. The van der Waals surface area contributed by atoms with E-state index in [-0.39, 0.29) is 64.7 Å². The molecule has 0 radical (unpaired) electrons. The zero-order valence-electron chi connectivity index (χ0n) is 20.4. The number of Topliss-reactive ketones (excluding diaryl/α,β-unsaturated/α-hetero) is 1. The van der Waals surface area contributed by atoms with E-state index >= 15 is 0 Å². The Morgan fingerprint density at radius 2 is 1.90 bits per heavy atom. The molecule has 3 unspecified atom stereocenters. The maximum absolute atomic E-state index is 13.7. The number of nitrogens with two attached hydrogens (primary N) is 1. The van der Waals surface area contributed by atoms with Crippen molar-refractivity contribution in [3.05, 3.63) is 11.6 Å². The van der Waals surface area contributed by atoms with Gasteiger partial charge in [0.15, 0.2) is 0 Å². The molecule has 0 spiro atoms. The van der Waals surface area contributed by atoms with Crippen molar-refractivity contribution >= 4 is 5.78 Å². The lowest BCUT2D eigenvalue weighted by molar-refractivity contribution is -0.147. The molecule has 3 saturated carbocycles. The summed E-state index contributed by atoms with van der Waals surface area (Å²) in [7, 11) is 4.15. The molecule has 0 aromatic heterocycles. The van der Waals surface area contributed by atoms with E-state index in [1.54, 1.807) is 0 Å². The summed E-state index contributed by atoms with van der Waals surface area (Å²) in [4.78, 5) is 15.9. The molecule has 0 aromatic carbocycles. The third kappa shape index (κ3) is 3.13. The summed E-state index contributed by atoms with van der Waals surface area (Å²) < 4.78 is 0. The molecule has 4 rings (SSSR count). The van der Waals surface area contributed by atoms with Crippen molar-refractivity contribution in [3.8, 4) is 0 Å². The van der Waals surface area contributed by atoms with Crippen LogP contribution in [0.15, 0.2) is 11.6 Å². The van der Waals surface area contributed by atoms with E-state index in [0.29, 0.717) is 12.2 Å². The standard InChI is InChI=1S/C26H44N2O3/c1-15(28(5)6)23-21(31)13-25(3)19-9-8-18-16(7-10-22(27)24(18,2)14-29)11-17(19)20(30)12-26(23,25)4/h7,15,17-19,21-23,29,31H,8-14,27H2,1-6H3/t15-,17?,18?,19?,21+,22-,23-,24-,25-,26+/m0/s1. The summed E-state index contributed by atoms with van der Waals surface area (Å²) in [6.45, 7) is 9.07. The highest BCUT2D eigenvalue weighted by Crippen LogP contribution is 2.69. The summed E-state index contributed by atoms with van der Waals surface area (Å²) in [6.07, 6.45) is 6.79. The monoisotopic (exact) mass is 432 g/mol. The Morgan fingerprint density at radius 1 is 1.23 bits per heavy atom. The third-order valence-electron chi connectivity index (χ3n) is 11.0. The number of aliphatic hydroxyl groups is 2. The summed E-state index contributed by atoms with van der Waals surface area (Å²) in [5.74, 6) is 1.04. The van der Waals surface area contributed by atoms with Crippen LogP contribution >= 0.6 is 0 Å². The second-order valence-corrected chi connectivity index (χ2v) is 12.3. The molecule has 10 atom stereocenters. The van der Waals surface area contributed by atoms with Gasteiger partial charge < -0.3 is 20.8 Å². The molecule has 0 bridgehead atoms. The van der Waals surface area contributed by atoms with Crippen LogP contribution in [0.4, 0.5) is 0 Å². The molecule has 0 saturated heterocycles. The smallest absolute Gasteiger partial charge is 0.137 e. The lowest BCUT2D eigenvalue weighted by Gasteiger charge is -2.56. The summed E-state index contributed by atoms with van der Waals surface area (Å²) in [5.41, 5.74) is 7.25. The number of fused-ring (bicyclic) bond motifs is 4. The van der Waals surface area contributed by atoms with E-state index in [0.717, 1.165) is 32.1 Å². The Labute approximate surface area is 188 Å². The first-order valence-corrected chi connectivity index (χ1v) is 12.3. The first-order chi connectivity index (χ1) is 14.4. The number of hydrogen-bond donors (Lipinski definition) is 3. The fraction of sp³-hybridized carbons (Fsp3) is 0.885. The number of nitrogens with zero attached hydrogens (tertiary/aromatic N) is 1. The van der Waals surface area contributed by atoms with Crippen molar-refractivity contribution in [2.75, 3.05) is 20.7 Å². The molecule has 31 heavy (non-hydrogen) atoms. The predicted molar refractivity (Wildman–Crippen MR) is 123 cm³/mol. The number of carbonyl (C=O) groups excluding carboxylic acids is 1. The molecular weight excluding hydrogens is 388 g/mol. The largest absolute Gasteiger partial charge is 0.396 e. The molecule has 5 nitrogen and oxygen atoms in total. The van der Waals surface area contributed by atoms with Gasteiger partial charge in [0.25, 0.3) is 0 Å². The van der Waals surface area contributed by atoms with E-state index in [1.165, 1.54) is 5.57 Å². The van der Waals surface area contributed by atoms with Crippen LogP contribution in [-0.2, 0) is 4.79 Å². The fourth-order valence-corrected chi connectivity index (χ4v) is 8.55.